The molecule has 2 aliphatic heterocycles. The summed E-state index contributed by atoms with van der Waals surface area (Å²) in [6.07, 6.45) is 8.61. The van der Waals surface area contributed by atoms with Gasteiger partial charge in [-0.25, -0.2) is 0 Å². The Morgan fingerprint density at radius 3 is 1.33 bits per heavy atom. The van der Waals surface area contributed by atoms with Gasteiger partial charge in [-0.2, -0.15) is 0 Å². The number of quaternary nitrogens is 1. The summed E-state index contributed by atoms with van der Waals surface area (Å²) < 4.78 is 1.25. The Morgan fingerprint density at radius 2 is 1.04 bits per heavy atom. The molecule has 2 heteroatoms. The molecule has 0 spiro atoms. The van der Waals surface area contributed by atoms with E-state index >= 15 is 0 Å². The minimum Gasteiger partial charge on any atom is -0.328 e. The van der Waals surface area contributed by atoms with Crippen LogP contribution in [-0.2, 0) is 0 Å². The Bertz CT molecular complexity index is 287. The molecule has 0 unspecified atom stereocenters. The largest absolute Gasteiger partial charge is 0.328 e. The fourth-order valence-electron chi connectivity index (χ4n) is 3.16. The summed E-state index contributed by atoms with van der Waals surface area (Å²) in [5, 5.41) is 0. The Kier molecular flexibility index (Phi) is 10.8. The molecule has 2 nitrogen and oxygen atoms in total. The molecule has 0 aliphatic carbocycles. The van der Waals surface area contributed by atoms with Crippen LogP contribution in [0.1, 0.15) is 87.0 Å². The second kappa shape index (κ2) is 10.8. The Labute approximate surface area is 154 Å². The van der Waals surface area contributed by atoms with Crippen LogP contribution in [0, 0.1) is 10.8 Å². The molecule has 0 amide bonds. The molecule has 2 rings (SSSR count). The van der Waals surface area contributed by atoms with Crippen LogP contribution in [0.2, 0.25) is 0 Å². The first-order valence-corrected chi connectivity index (χ1v) is 10.3. The van der Waals surface area contributed by atoms with Crippen LogP contribution in [0.25, 0.3) is 0 Å². The second-order valence-electron chi connectivity index (χ2n) is 11.3. The van der Waals surface area contributed by atoms with Gasteiger partial charge in [-0.1, -0.05) is 54.9 Å². The zero-order valence-corrected chi connectivity index (χ0v) is 18.7. The normalized spacial score (nSPS) is 21.9. The highest BCUT2D eigenvalue weighted by molar-refractivity contribution is 4.71. The van der Waals surface area contributed by atoms with Crippen LogP contribution in [0.3, 0.4) is 0 Å². The van der Waals surface area contributed by atoms with Crippen LogP contribution in [0.5, 0.6) is 0 Å². The van der Waals surface area contributed by atoms with Crippen molar-refractivity contribution in [3.63, 3.8) is 0 Å². The third kappa shape index (κ3) is 18.3. The van der Waals surface area contributed by atoms with Crippen molar-refractivity contribution in [3.8, 4) is 0 Å². The number of rotatable bonds is 1. The average Bonchev–Trinajstić information content (AvgIpc) is 2.36. The summed E-state index contributed by atoms with van der Waals surface area (Å²) in [5.74, 6) is 0. The van der Waals surface area contributed by atoms with E-state index in [9.17, 15) is 0 Å². The van der Waals surface area contributed by atoms with Crippen LogP contribution in [0.4, 0.5) is 0 Å². The van der Waals surface area contributed by atoms with Crippen molar-refractivity contribution < 1.29 is 4.48 Å². The van der Waals surface area contributed by atoms with E-state index in [1.54, 1.807) is 0 Å². The van der Waals surface area contributed by atoms with Crippen molar-refractivity contribution in [1.82, 2.24) is 4.90 Å². The monoisotopic (exact) mass is 341 g/mol. The summed E-state index contributed by atoms with van der Waals surface area (Å²) in [6.45, 7) is 22.4. The topological polar surface area (TPSA) is 3.24 Å². The third-order valence-corrected chi connectivity index (χ3v) is 4.17. The molecule has 0 radical (unpaired) electrons. The van der Waals surface area contributed by atoms with E-state index in [0.717, 1.165) is 0 Å². The number of piperidine rings is 2. The molecule has 0 saturated carbocycles. The highest BCUT2D eigenvalue weighted by atomic mass is 15.3. The molecule has 0 atom stereocenters. The Balaban J connectivity index is 0.000000358. The van der Waals surface area contributed by atoms with E-state index in [0.29, 0.717) is 10.8 Å². The fourth-order valence-corrected chi connectivity index (χ4v) is 3.16. The number of nitrogens with zero attached hydrogens (tertiary/aromatic N) is 2. The first-order chi connectivity index (χ1) is 10.8. The van der Waals surface area contributed by atoms with Crippen LogP contribution in [-0.4, -0.2) is 56.2 Å². The lowest BCUT2D eigenvalue weighted by Crippen LogP contribution is -2.43. The maximum Gasteiger partial charge on any atom is 0.0782 e. The van der Waals surface area contributed by atoms with Gasteiger partial charge in [0.1, 0.15) is 0 Å². The van der Waals surface area contributed by atoms with Gasteiger partial charge in [0.15, 0.2) is 0 Å². The minimum atomic E-state index is 0.483. The molecule has 2 heterocycles. The summed E-state index contributed by atoms with van der Waals surface area (Å²) in [6, 6.07) is 0. The number of hydrogen-bond acceptors (Lipinski definition) is 1. The van der Waals surface area contributed by atoms with Crippen molar-refractivity contribution in [2.75, 3.05) is 46.8 Å². The fraction of sp³-hybridized carbons (Fsp3) is 1.00. The van der Waals surface area contributed by atoms with Gasteiger partial charge in [0, 0.05) is 6.54 Å². The molecule has 146 valence electrons. The van der Waals surface area contributed by atoms with Gasteiger partial charge >= 0.3 is 0 Å². The van der Waals surface area contributed by atoms with Crippen molar-refractivity contribution in [1.29, 1.82) is 0 Å². The van der Waals surface area contributed by atoms with Crippen molar-refractivity contribution in [2.24, 2.45) is 10.8 Å². The van der Waals surface area contributed by atoms with Gasteiger partial charge in [-0.05, 0) is 56.0 Å². The molecule has 24 heavy (non-hydrogen) atoms. The lowest BCUT2D eigenvalue weighted by Gasteiger charge is -2.33. The zero-order chi connectivity index (χ0) is 18.9. The van der Waals surface area contributed by atoms with Gasteiger partial charge in [-0.15, -0.1) is 0 Å². The molecule has 2 aliphatic rings. The third-order valence-electron chi connectivity index (χ3n) is 4.17. The molecule has 0 N–H and O–H groups in total. The Hall–Kier alpha value is -0.0800. The predicted molar refractivity (Wildman–Crippen MR) is 111 cm³/mol. The first kappa shape index (κ1) is 23.9. The summed E-state index contributed by atoms with van der Waals surface area (Å²) in [7, 11) is 4.64. The lowest BCUT2D eigenvalue weighted by molar-refractivity contribution is -0.894. The van der Waals surface area contributed by atoms with Crippen molar-refractivity contribution in [3.05, 3.63) is 0 Å². The van der Waals surface area contributed by atoms with Gasteiger partial charge in [0.05, 0.1) is 27.2 Å². The van der Waals surface area contributed by atoms with E-state index in [1.165, 1.54) is 75.7 Å². The molecule has 0 aromatic heterocycles. The van der Waals surface area contributed by atoms with Gasteiger partial charge < -0.3 is 9.38 Å². The molecular formula is C22H49N2+. The van der Waals surface area contributed by atoms with E-state index in [1.807, 2.05) is 0 Å². The standard InChI is InChI=1S/C10H21N.C7H16N.C5H12/c1-10(2,3)9-11-7-5-4-6-8-11;1-8(2)6-4-3-5-7-8;1-5(2,3)4/h4-9H2,1-3H3;3-7H2,1-2H3;1-4H3/q;+1;. The predicted octanol–water partition coefficient (Wildman–Crippen LogP) is 5.82. The van der Waals surface area contributed by atoms with Crippen LogP contribution in [0.15, 0.2) is 0 Å². The highest BCUT2D eigenvalue weighted by Gasteiger charge is 2.18. The van der Waals surface area contributed by atoms with Crippen molar-refractivity contribution >= 4 is 0 Å². The van der Waals surface area contributed by atoms with Gasteiger partial charge in [-0.3, -0.25) is 0 Å². The van der Waals surface area contributed by atoms with E-state index in [4.69, 9.17) is 0 Å². The summed E-state index contributed by atoms with van der Waals surface area (Å²) in [5.41, 5.74) is 0.983. The summed E-state index contributed by atoms with van der Waals surface area (Å²) in [4.78, 5) is 2.60. The maximum absolute atomic E-state index is 2.60. The minimum absolute atomic E-state index is 0.483. The van der Waals surface area contributed by atoms with Crippen LogP contribution < -0.4 is 0 Å². The molecule has 0 bridgehead atoms. The number of hydrogen-bond donors (Lipinski definition) is 0. The lowest BCUT2D eigenvalue weighted by atomic mass is 9.95. The van der Waals surface area contributed by atoms with E-state index in [2.05, 4.69) is 67.5 Å². The van der Waals surface area contributed by atoms with E-state index < -0.39 is 0 Å². The van der Waals surface area contributed by atoms with Gasteiger partial charge in [0.25, 0.3) is 0 Å². The van der Waals surface area contributed by atoms with E-state index in [-0.39, 0.29) is 0 Å². The first-order valence-electron chi connectivity index (χ1n) is 10.3. The molecule has 0 aromatic rings. The highest BCUT2D eigenvalue weighted by Crippen LogP contribution is 2.18. The molecule has 0 aromatic carbocycles. The van der Waals surface area contributed by atoms with Crippen LogP contribution >= 0.6 is 0 Å². The number of likely N-dealkylation sites (tertiary alicyclic amines) is 2. The van der Waals surface area contributed by atoms with Gasteiger partial charge in [0.2, 0.25) is 0 Å². The molecule has 2 saturated heterocycles. The average molecular weight is 342 g/mol. The maximum atomic E-state index is 2.60. The summed E-state index contributed by atoms with van der Waals surface area (Å²) >= 11 is 0. The smallest absolute Gasteiger partial charge is 0.0782 e. The van der Waals surface area contributed by atoms with Crippen molar-refractivity contribution in [2.45, 2.75) is 87.0 Å². The second-order valence-corrected chi connectivity index (χ2v) is 11.3. The molecule has 2 fully saturated rings. The Morgan fingerprint density at radius 1 is 0.667 bits per heavy atom. The quantitative estimate of drug-likeness (QED) is 0.543. The SMILES string of the molecule is CC(C)(C)C.CC(C)(C)CN1CCCCC1.C[N+]1(C)CCCCC1. The zero-order valence-electron chi connectivity index (χ0n) is 18.7. The molecular weight excluding hydrogens is 292 g/mol.